The molecule has 1 fully saturated rings. The lowest BCUT2D eigenvalue weighted by Crippen LogP contribution is -2.31. The van der Waals surface area contributed by atoms with Crippen molar-refractivity contribution >= 4 is 50.9 Å². The Labute approximate surface area is 223 Å². The van der Waals surface area contributed by atoms with Crippen molar-refractivity contribution < 1.29 is 23.4 Å². The summed E-state index contributed by atoms with van der Waals surface area (Å²) < 4.78 is 30.8. The summed E-state index contributed by atoms with van der Waals surface area (Å²) in [6.45, 7) is 2.72. The summed E-state index contributed by atoms with van der Waals surface area (Å²) in [4.78, 5) is 16.5. The first kappa shape index (κ1) is 25.7. The molecule has 1 saturated heterocycles. The Bertz CT molecular complexity index is 1310. The molecule has 0 aliphatic carbocycles. The maximum Gasteiger partial charge on any atom is 0.281 e. The summed E-state index contributed by atoms with van der Waals surface area (Å²) in [5.41, 5.74) is 2.61. The number of hydrogen-bond donors (Lipinski definition) is 0. The van der Waals surface area contributed by atoms with Crippen molar-refractivity contribution in [2.24, 2.45) is 0 Å². The van der Waals surface area contributed by atoms with Gasteiger partial charge in [0, 0.05) is 11.5 Å². The second kappa shape index (κ2) is 11.1. The Morgan fingerprint density at radius 1 is 1.03 bits per heavy atom. The zero-order valence-corrected chi connectivity index (χ0v) is 22.4. The largest absolute Gasteiger partial charge is 0.494 e. The Morgan fingerprint density at radius 2 is 1.72 bits per heavy atom. The molecule has 9 heteroatoms. The van der Waals surface area contributed by atoms with Crippen molar-refractivity contribution in [3.63, 3.8) is 0 Å². The van der Waals surface area contributed by atoms with Gasteiger partial charge >= 0.3 is 0 Å². The van der Waals surface area contributed by atoms with Crippen LogP contribution in [-0.2, 0) is 11.4 Å². The van der Waals surface area contributed by atoms with Gasteiger partial charge in [0.2, 0.25) is 0 Å². The van der Waals surface area contributed by atoms with Crippen molar-refractivity contribution in [3.8, 4) is 17.2 Å². The molecule has 0 atom stereocenters. The van der Waals surface area contributed by atoms with Gasteiger partial charge < -0.3 is 19.1 Å². The highest BCUT2D eigenvalue weighted by molar-refractivity contribution is 9.10. The van der Waals surface area contributed by atoms with Gasteiger partial charge in [-0.3, -0.25) is 9.69 Å². The molecule has 0 spiro atoms. The van der Waals surface area contributed by atoms with E-state index in [2.05, 4.69) is 15.9 Å². The van der Waals surface area contributed by atoms with Crippen LogP contribution in [0.3, 0.4) is 0 Å². The standard InChI is InChI=1S/C27H24BrFN2O4S/c1-4-34-21-11-9-20(10-12-21)31-26(32)23(30(2)27(31)36)13-18-14-24(33-3)25(15-22(18)28)35-16-17-5-7-19(29)8-6-17/h5-15H,4,16H2,1-3H3/b23-13-. The van der Waals surface area contributed by atoms with Crippen LogP contribution in [0.1, 0.15) is 18.1 Å². The summed E-state index contributed by atoms with van der Waals surface area (Å²) in [5, 5.41) is 0.373. The predicted octanol–water partition coefficient (Wildman–Crippen LogP) is 6.18. The van der Waals surface area contributed by atoms with E-state index in [0.717, 1.165) is 11.3 Å². The summed E-state index contributed by atoms with van der Waals surface area (Å²) in [7, 11) is 3.30. The molecule has 186 valence electrons. The van der Waals surface area contributed by atoms with Gasteiger partial charge in [0.1, 0.15) is 23.9 Å². The van der Waals surface area contributed by atoms with Gasteiger partial charge in [0.15, 0.2) is 16.6 Å². The first-order chi connectivity index (χ1) is 17.3. The minimum absolute atomic E-state index is 0.242. The molecule has 1 aliphatic rings. The van der Waals surface area contributed by atoms with Crippen LogP contribution in [0.4, 0.5) is 10.1 Å². The number of hydrogen-bond acceptors (Lipinski definition) is 5. The molecule has 0 saturated carbocycles. The van der Waals surface area contributed by atoms with Gasteiger partial charge in [-0.25, -0.2) is 4.39 Å². The van der Waals surface area contributed by atoms with Gasteiger partial charge in [-0.05, 0) is 84.9 Å². The van der Waals surface area contributed by atoms with E-state index in [0.29, 0.717) is 44.6 Å². The quantitative estimate of drug-likeness (QED) is 0.238. The second-order valence-electron chi connectivity index (χ2n) is 7.88. The molecule has 0 unspecified atom stereocenters. The third kappa shape index (κ3) is 5.37. The number of ether oxygens (including phenoxy) is 3. The summed E-state index contributed by atoms with van der Waals surface area (Å²) in [6.07, 6.45) is 1.75. The van der Waals surface area contributed by atoms with Crippen LogP contribution in [-0.4, -0.2) is 36.7 Å². The lowest BCUT2D eigenvalue weighted by atomic mass is 10.1. The summed E-state index contributed by atoms with van der Waals surface area (Å²) in [5.74, 6) is 1.18. The molecule has 0 aromatic heterocycles. The number of likely N-dealkylation sites (N-methyl/N-ethyl adjacent to an activating group) is 1. The van der Waals surface area contributed by atoms with Gasteiger partial charge in [-0.1, -0.05) is 28.1 Å². The van der Waals surface area contributed by atoms with E-state index in [1.807, 2.05) is 19.1 Å². The molecule has 1 heterocycles. The van der Waals surface area contributed by atoms with E-state index in [1.165, 1.54) is 17.0 Å². The molecule has 0 N–H and O–H groups in total. The van der Waals surface area contributed by atoms with Crippen LogP contribution in [0.5, 0.6) is 17.2 Å². The monoisotopic (exact) mass is 570 g/mol. The normalized spacial score (nSPS) is 14.5. The van der Waals surface area contributed by atoms with Crippen LogP contribution >= 0.6 is 28.1 Å². The maximum absolute atomic E-state index is 13.4. The third-order valence-corrected chi connectivity index (χ3v) is 6.69. The number of anilines is 1. The molecule has 0 bridgehead atoms. The summed E-state index contributed by atoms with van der Waals surface area (Å²) in [6, 6.07) is 16.9. The zero-order valence-electron chi connectivity index (χ0n) is 20.0. The number of thiocarbonyl (C=S) groups is 1. The Balaban J connectivity index is 1.59. The maximum atomic E-state index is 13.4. The second-order valence-corrected chi connectivity index (χ2v) is 9.10. The van der Waals surface area contributed by atoms with Crippen LogP contribution in [0, 0.1) is 5.82 Å². The van der Waals surface area contributed by atoms with Crippen molar-refractivity contribution in [1.82, 2.24) is 4.90 Å². The van der Waals surface area contributed by atoms with Gasteiger partial charge in [0.25, 0.3) is 5.91 Å². The fraction of sp³-hybridized carbons (Fsp3) is 0.185. The van der Waals surface area contributed by atoms with E-state index in [1.54, 1.807) is 61.5 Å². The average Bonchev–Trinajstić information content (AvgIpc) is 3.08. The molecule has 36 heavy (non-hydrogen) atoms. The van der Waals surface area contributed by atoms with Gasteiger partial charge in [-0.2, -0.15) is 0 Å². The molecular formula is C27H24BrFN2O4S. The first-order valence-electron chi connectivity index (χ1n) is 11.1. The van der Waals surface area contributed by atoms with Crippen molar-refractivity contribution in [2.75, 3.05) is 25.7 Å². The lowest BCUT2D eigenvalue weighted by Gasteiger charge is -2.16. The van der Waals surface area contributed by atoms with Crippen LogP contribution in [0.15, 0.2) is 70.8 Å². The SMILES string of the molecule is CCOc1ccc(N2C(=O)/C(=C/c3cc(OC)c(OCc4ccc(F)cc4)cc3Br)N(C)C2=S)cc1. The molecule has 1 aliphatic heterocycles. The van der Waals surface area contributed by atoms with E-state index in [-0.39, 0.29) is 18.3 Å². The molecular weight excluding hydrogens is 547 g/mol. The number of carbonyl (C=O) groups excluding carboxylic acids is 1. The third-order valence-electron chi connectivity index (χ3n) is 5.55. The Kier molecular flexibility index (Phi) is 7.91. The molecule has 3 aromatic carbocycles. The van der Waals surface area contributed by atoms with Crippen molar-refractivity contribution in [3.05, 3.63) is 87.8 Å². The van der Waals surface area contributed by atoms with E-state index >= 15 is 0 Å². The zero-order chi connectivity index (χ0) is 25.8. The molecule has 3 aromatic rings. The van der Waals surface area contributed by atoms with E-state index in [4.69, 9.17) is 26.4 Å². The Morgan fingerprint density at radius 3 is 2.36 bits per heavy atom. The fourth-order valence-electron chi connectivity index (χ4n) is 3.67. The number of rotatable bonds is 8. The average molecular weight is 571 g/mol. The highest BCUT2D eigenvalue weighted by Gasteiger charge is 2.37. The van der Waals surface area contributed by atoms with E-state index in [9.17, 15) is 9.18 Å². The predicted molar refractivity (Wildman–Crippen MR) is 145 cm³/mol. The molecule has 6 nitrogen and oxygen atoms in total. The van der Waals surface area contributed by atoms with Gasteiger partial charge in [-0.15, -0.1) is 0 Å². The van der Waals surface area contributed by atoms with Crippen LogP contribution in [0.25, 0.3) is 6.08 Å². The topological polar surface area (TPSA) is 51.2 Å². The highest BCUT2D eigenvalue weighted by atomic mass is 79.9. The summed E-state index contributed by atoms with van der Waals surface area (Å²) >= 11 is 9.14. The Hall–Kier alpha value is -3.43. The van der Waals surface area contributed by atoms with Gasteiger partial charge in [0.05, 0.1) is 19.4 Å². The smallest absolute Gasteiger partial charge is 0.281 e. The number of methoxy groups -OCH3 is 1. The minimum Gasteiger partial charge on any atom is -0.494 e. The molecule has 4 rings (SSSR count). The lowest BCUT2D eigenvalue weighted by molar-refractivity contribution is -0.114. The minimum atomic E-state index is -0.302. The van der Waals surface area contributed by atoms with Crippen molar-refractivity contribution in [1.29, 1.82) is 0 Å². The first-order valence-corrected chi connectivity index (χ1v) is 12.3. The fourth-order valence-corrected chi connectivity index (χ4v) is 4.39. The van der Waals surface area contributed by atoms with Crippen LogP contribution < -0.4 is 19.1 Å². The molecule has 1 amide bonds. The molecule has 0 radical (unpaired) electrons. The number of halogens is 2. The van der Waals surface area contributed by atoms with Crippen molar-refractivity contribution in [2.45, 2.75) is 13.5 Å². The number of amides is 1. The highest BCUT2D eigenvalue weighted by Crippen LogP contribution is 2.37. The number of benzene rings is 3. The van der Waals surface area contributed by atoms with E-state index < -0.39 is 0 Å². The number of carbonyl (C=O) groups is 1. The van der Waals surface area contributed by atoms with Crippen LogP contribution in [0.2, 0.25) is 0 Å². The number of nitrogens with zero attached hydrogens (tertiary/aromatic N) is 2.